The molecule has 0 fully saturated rings. The average Bonchev–Trinajstić information content (AvgIpc) is 2.35. The highest BCUT2D eigenvalue weighted by Crippen LogP contribution is 2.25. The minimum atomic E-state index is -0.396. The number of para-hydroxylation sites is 1. The lowest BCUT2D eigenvalue weighted by molar-refractivity contribution is -0.116. The van der Waals surface area contributed by atoms with E-state index in [2.05, 4.69) is 23.8 Å². The second-order valence-corrected chi connectivity index (χ2v) is 5.16. The standard InChI is InChI=1S/C14H19N5O/c1-9(2)7-19(8-12(15)20)13-10-5-3-4-6-11(10)17-14(16)18-13/h3-6,9H,7-8H2,1-2H3,(H2,15,20)(H2,16,17,18). The number of hydrogen-bond acceptors (Lipinski definition) is 5. The molecule has 0 unspecified atom stereocenters. The van der Waals surface area contributed by atoms with Crippen LogP contribution in [0.2, 0.25) is 0 Å². The molecule has 0 aliphatic heterocycles. The van der Waals surface area contributed by atoms with Crippen molar-refractivity contribution in [3.8, 4) is 0 Å². The monoisotopic (exact) mass is 273 g/mol. The summed E-state index contributed by atoms with van der Waals surface area (Å²) in [5.74, 6) is 0.814. The SMILES string of the molecule is CC(C)CN(CC(N)=O)c1nc(N)nc2ccccc12. The van der Waals surface area contributed by atoms with Crippen LogP contribution in [0.25, 0.3) is 10.9 Å². The lowest BCUT2D eigenvalue weighted by Gasteiger charge is -2.25. The second kappa shape index (κ2) is 5.73. The van der Waals surface area contributed by atoms with Crippen LogP contribution < -0.4 is 16.4 Å². The molecule has 20 heavy (non-hydrogen) atoms. The van der Waals surface area contributed by atoms with E-state index in [1.807, 2.05) is 29.2 Å². The third-order valence-electron chi connectivity index (χ3n) is 2.83. The molecule has 0 spiro atoms. The van der Waals surface area contributed by atoms with Crippen molar-refractivity contribution in [1.29, 1.82) is 0 Å². The van der Waals surface area contributed by atoms with E-state index in [1.165, 1.54) is 0 Å². The van der Waals surface area contributed by atoms with Gasteiger partial charge in [-0.15, -0.1) is 0 Å². The quantitative estimate of drug-likeness (QED) is 0.851. The Bertz CT molecular complexity index is 626. The summed E-state index contributed by atoms with van der Waals surface area (Å²) in [5.41, 5.74) is 11.8. The number of aromatic nitrogens is 2. The van der Waals surface area contributed by atoms with Gasteiger partial charge in [0, 0.05) is 11.9 Å². The molecule has 1 amide bonds. The van der Waals surface area contributed by atoms with Crippen molar-refractivity contribution < 1.29 is 4.79 Å². The van der Waals surface area contributed by atoms with Crippen molar-refractivity contribution >= 4 is 28.6 Å². The Kier molecular flexibility index (Phi) is 4.02. The fourth-order valence-electron chi connectivity index (χ4n) is 2.17. The normalized spacial score (nSPS) is 10.9. The number of primary amides is 1. The topological polar surface area (TPSA) is 98.1 Å². The summed E-state index contributed by atoms with van der Waals surface area (Å²) in [6, 6.07) is 7.58. The summed E-state index contributed by atoms with van der Waals surface area (Å²) >= 11 is 0. The van der Waals surface area contributed by atoms with Crippen LogP contribution in [0.5, 0.6) is 0 Å². The van der Waals surface area contributed by atoms with E-state index in [0.29, 0.717) is 18.3 Å². The second-order valence-electron chi connectivity index (χ2n) is 5.16. The molecule has 0 aliphatic carbocycles. The molecule has 0 atom stereocenters. The molecule has 2 aromatic rings. The van der Waals surface area contributed by atoms with Gasteiger partial charge in [-0.25, -0.2) is 4.98 Å². The van der Waals surface area contributed by atoms with Gasteiger partial charge in [0.15, 0.2) is 0 Å². The third kappa shape index (κ3) is 3.14. The first-order valence-corrected chi connectivity index (χ1v) is 6.53. The zero-order valence-electron chi connectivity index (χ0n) is 11.7. The molecule has 6 heteroatoms. The number of nitrogens with zero attached hydrogens (tertiary/aromatic N) is 3. The average molecular weight is 273 g/mol. The molecule has 0 radical (unpaired) electrons. The van der Waals surface area contributed by atoms with Gasteiger partial charge in [-0.05, 0) is 18.1 Å². The van der Waals surface area contributed by atoms with Crippen LogP contribution in [0.15, 0.2) is 24.3 Å². The lowest BCUT2D eigenvalue weighted by atomic mass is 10.1. The largest absolute Gasteiger partial charge is 0.368 e. The Morgan fingerprint density at radius 1 is 1.30 bits per heavy atom. The highest BCUT2D eigenvalue weighted by molar-refractivity contribution is 5.92. The van der Waals surface area contributed by atoms with E-state index in [9.17, 15) is 4.79 Å². The molecule has 106 valence electrons. The van der Waals surface area contributed by atoms with Crippen LogP contribution in [-0.2, 0) is 4.79 Å². The number of hydrogen-bond donors (Lipinski definition) is 2. The zero-order chi connectivity index (χ0) is 14.7. The van der Waals surface area contributed by atoms with Crippen molar-refractivity contribution in [1.82, 2.24) is 9.97 Å². The fraction of sp³-hybridized carbons (Fsp3) is 0.357. The maximum atomic E-state index is 11.3. The van der Waals surface area contributed by atoms with Crippen molar-refractivity contribution in [2.24, 2.45) is 11.7 Å². The van der Waals surface area contributed by atoms with Gasteiger partial charge in [0.2, 0.25) is 11.9 Å². The first kappa shape index (κ1) is 14.0. The van der Waals surface area contributed by atoms with Crippen molar-refractivity contribution in [3.05, 3.63) is 24.3 Å². The first-order chi connectivity index (χ1) is 9.47. The van der Waals surface area contributed by atoms with Crippen LogP contribution in [-0.4, -0.2) is 29.0 Å². The van der Waals surface area contributed by atoms with Gasteiger partial charge in [-0.2, -0.15) is 4.98 Å². The van der Waals surface area contributed by atoms with Crippen LogP contribution in [0.1, 0.15) is 13.8 Å². The molecule has 4 N–H and O–H groups in total. The Labute approximate surface area is 117 Å². The molecular weight excluding hydrogens is 254 g/mol. The molecule has 0 saturated carbocycles. The number of fused-ring (bicyclic) bond motifs is 1. The van der Waals surface area contributed by atoms with E-state index >= 15 is 0 Å². The van der Waals surface area contributed by atoms with Gasteiger partial charge in [0.1, 0.15) is 5.82 Å². The third-order valence-corrected chi connectivity index (χ3v) is 2.83. The van der Waals surface area contributed by atoms with Gasteiger partial charge in [0.05, 0.1) is 12.1 Å². The summed E-state index contributed by atoms with van der Waals surface area (Å²) in [5, 5.41) is 0.864. The highest BCUT2D eigenvalue weighted by atomic mass is 16.1. The van der Waals surface area contributed by atoms with Crippen LogP contribution in [0.4, 0.5) is 11.8 Å². The van der Waals surface area contributed by atoms with Crippen molar-refractivity contribution in [2.45, 2.75) is 13.8 Å². The smallest absolute Gasteiger partial charge is 0.236 e. The molecule has 1 heterocycles. The number of benzene rings is 1. The van der Waals surface area contributed by atoms with Crippen molar-refractivity contribution in [3.63, 3.8) is 0 Å². The van der Waals surface area contributed by atoms with E-state index in [4.69, 9.17) is 11.5 Å². The molecule has 6 nitrogen and oxygen atoms in total. The Morgan fingerprint density at radius 2 is 2.00 bits per heavy atom. The van der Waals surface area contributed by atoms with E-state index in [-0.39, 0.29) is 12.5 Å². The van der Waals surface area contributed by atoms with E-state index in [0.717, 1.165) is 10.9 Å². The highest BCUT2D eigenvalue weighted by Gasteiger charge is 2.16. The summed E-state index contributed by atoms with van der Waals surface area (Å²) in [4.78, 5) is 21.6. The van der Waals surface area contributed by atoms with Gasteiger partial charge in [-0.3, -0.25) is 4.79 Å². The molecule has 1 aromatic heterocycles. The zero-order valence-corrected chi connectivity index (χ0v) is 11.7. The minimum absolute atomic E-state index is 0.110. The number of rotatable bonds is 5. The summed E-state index contributed by atoms with van der Waals surface area (Å²) < 4.78 is 0. The number of anilines is 2. The number of carbonyl (C=O) groups is 1. The molecule has 0 bridgehead atoms. The summed E-state index contributed by atoms with van der Waals surface area (Å²) in [6.07, 6.45) is 0. The lowest BCUT2D eigenvalue weighted by Crippen LogP contribution is -2.37. The molecular formula is C14H19N5O. The van der Waals surface area contributed by atoms with Gasteiger partial charge >= 0.3 is 0 Å². The van der Waals surface area contributed by atoms with Gasteiger partial charge in [-0.1, -0.05) is 26.0 Å². The predicted octanol–water partition coefficient (Wildman–Crippen LogP) is 1.16. The minimum Gasteiger partial charge on any atom is -0.368 e. The number of nitrogens with two attached hydrogens (primary N) is 2. The van der Waals surface area contributed by atoms with Gasteiger partial charge < -0.3 is 16.4 Å². The van der Waals surface area contributed by atoms with Crippen LogP contribution >= 0.6 is 0 Å². The molecule has 0 aliphatic rings. The molecule has 1 aromatic carbocycles. The van der Waals surface area contributed by atoms with Crippen LogP contribution in [0, 0.1) is 5.92 Å². The molecule has 0 saturated heterocycles. The number of nitrogen functional groups attached to an aromatic ring is 1. The van der Waals surface area contributed by atoms with Crippen molar-refractivity contribution in [2.75, 3.05) is 23.7 Å². The fourth-order valence-corrected chi connectivity index (χ4v) is 2.17. The maximum Gasteiger partial charge on any atom is 0.236 e. The Balaban J connectivity index is 2.53. The Hall–Kier alpha value is -2.37. The van der Waals surface area contributed by atoms with E-state index in [1.54, 1.807) is 0 Å². The number of carbonyl (C=O) groups excluding carboxylic acids is 1. The van der Waals surface area contributed by atoms with Crippen LogP contribution in [0.3, 0.4) is 0 Å². The maximum absolute atomic E-state index is 11.3. The summed E-state index contributed by atoms with van der Waals surface area (Å²) in [6.45, 7) is 4.92. The Morgan fingerprint density at radius 3 is 2.65 bits per heavy atom. The first-order valence-electron chi connectivity index (χ1n) is 6.53. The van der Waals surface area contributed by atoms with E-state index < -0.39 is 5.91 Å². The molecule has 2 rings (SSSR count). The number of amides is 1. The predicted molar refractivity (Wildman–Crippen MR) is 80.2 cm³/mol. The van der Waals surface area contributed by atoms with Gasteiger partial charge in [0.25, 0.3) is 0 Å². The summed E-state index contributed by atoms with van der Waals surface area (Å²) in [7, 11) is 0.